The van der Waals surface area contributed by atoms with Crippen LogP contribution in [0.15, 0.2) is 18.2 Å². The van der Waals surface area contributed by atoms with Crippen molar-refractivity contribution >= 4 is 0 Å². The molecule has 0 radical (unpaired) electrons. The van der Waals surface area contributed by atoms with E-state index in [1.807, 2.05) is 12.1 Å². The van der Waals surface area contributed by atoms with Crippen molar-refractivity contribution < 1.29 is 5.11 Å². The van der Waals surface area contributed by atoms with Gasteiger partial charge in [-0.2, -0.15) is 0 Å². The summed E-state index contributed by atoms with van der Waals surface area (Å²) in [6.45, 7) is 8.88. The molecule has 2 nitrogen and oxygen atoms in total. The van der Waals surface area contributed by atoms with Crippen LogP contribution < -0.4 is 0 Å². The Labute approximate surface area is 104 Å². The summed E-state index contributed by atoms with van der Waals surface area (Å²) in [6, 6.07) is 6.21. The Hall–Kier alpha value is -1.02. The van der Waals surface area contributed by atoms with Gasteiger partial charge in [0.25, 0.3) is 0 Å². The van der Waals surface area contributed by atoms with E-state index in [2.05, 4.69) is 31.7 Å². The molecular formula is C15H23NO. The molecule has 2 heteroatoms. The number of likely N-dealkylation sites (tertiary alicyclic amines) is 1. The van der Waals surface area contributed by atoms with E-state index in [0.717, 1.165) is 18.0 Å². The van der Waals surface area contributed by atoms with Gasteiger partial charge in [-0.15, -0.1) is 0 Å². The van der Waals surface area contributed by atoms with Crippen LogP contribution in [0, 0.1) is 12.8 Å². The van der Waals surface area contributed by atoms with Gasteiger partial charge in [-0.05, 0) is 38.8 Å². The van der Waals surface area contributed by atoms with Crippen molar-refractivity contribution in [3.63, 3.8) is 0 Å². The number of benzene rings is 1. The molecule has 1 N–H and O–H groups in total. The van der Waals surface area contributed by atoms with Crippen LogP contribution in [0.1, 0.15) is 43.9 Å². The average Bonchev–Trinajstić information content (AvgIpc) is 2.80. The van der Waals surface area contributed by atoms with Crippen LogP contribution in [0.2, 0.25) is 0 Å². The molecule has 94 valence electrons. The lowest BCUT2D eigenvalue weighted by Crippen LogP contribution is -2.24. The molecule has 1 fully saturated rings. The van der Waals surface area contributed by atoms with Crippen molar-refractivity contribution in [3.05, 3.63) is 29.3 Å². The van der Waals surface area contributed by atoms with E-state index in [1.54, 1.807) is 0 Å². The van der Waals surface area contributed by atoms with Crippen LogP contribution >= 0.6 is 0 Å². The molecular weight excluding hydrogens is 210 g/mol. The minimum atomic E-state index is 0.325. The molecule has 0 bridgehead atoms. The lowest BCUT2D eigenvalue weighted by atomic mass is 10.0. The monoisotopic (exact) mass is 233 g/mol. The van der Waals surface area contributed by atoms with Gasteiger partial charge in [-0.1, -0.05) is 31.0 Å². The standard InChI is InChI=1S/C15H23NO/c1-4-13-7-8-16(10-13)12(3)14-9-11(2)5-6-15(14)17/h5-6,9,12-13,17H,4,7-8,10H2,1-3H3. The highest BCUT2D eigenvalue weighted by molar-refractivity contribution is 5.37. The number of phenols is 1. The molecule has 1 heterocycles. The number of aryl methyl sites for hydroxylation is 1. The molecule has 0 amide bonds. The highest BCUT2D eigenvalue weighted by Crippen LogP contribution is 2.33. The van der Waals surface area contributed by atoms with Gasteiger partial charge in [-0.3, -0.25) is 4.90 Å². The normalized spacial score (nSPS) is 22.9. The minimum Gasteiger partial charge on any atom is -0.508 e. The van der Waals surface area contributed by atoms with E-state index in [1.165, 1.54) is 24.9 Å². The minimum absolute atomic E-state index is 0.325. The van der Waals surface area contributed by atoms with Crippen LogP contribution in [0.3, 0.4) is 0 Å². The average molecular weight is 233 g/mol. The summed E-state index contributed by atoms with van der Waals surface area (Å²) < 4.78 is 0. The Morgan fingerprint density at radius 2 is 2.24 bits per heavy atom. The molecule has 0 saturated carbocycles. The first kappa shape index (κ1) is 12.4. The molecule has 1 aromatic carbocycles. The van der Waals surface area contributed by atoms with Gasteiger partial charge in [0, 0.05) is 18.2 Å². The number of nitrogens with zero attached hydrogens (tertiary/aromatic N) is 1. The van der Waals surface area contributed by atoms with Crippen LogP contribution in [0.4, 0.5) is 0 Å². The van der Waals surface area contributed by atoms with Crippen LogP contribution in [-0.2, 0) is 0 Å². The summed E-state index contributed by atoms with van der Waals surface area (Å²) in [5, 5.41) is 9.96. The predicted molar refractivity (Wildman–Crippen MR) is 71.2 cm³/mol. The van der Waals surface area contributed by atoms with Crippen molar-refractivity contribution in [2.45, 2.75) is 39.7 Å². The summed E-state index contributed by atoms with van der Waals surface area (Å²) in [5.41, 5.74) is 2.29. The molecule has 2 rings (SSSR count). The Morgan fingerprint density at radius 3 is 2.88 bits per heavy atom. The van der Waals surface area contributed by atoms with Gasteiger partial charge < -0.3 is 5.11 Å². The molecule has 1 aliphatic heterocycles. The second kappa shape index (κ2) is 5.09. The molecule has 17 heavy (non-hydrogen) atoms. The highest BCUT2D eigenvalue weighted by atomic mass is 16.3. The Balaban J connectivity index is 2.14. The molecule has 0 aliphatic carbocycles. The lowest BCUT2D eigenvalue weighted by molar-refractivity contribution is 0.247. The molecule has 2 unspecified atom stereocenters. The maximum absolute atomic E-state index is 9.96. The molecule has 0 spiro atoms. The zero-order valence-electron chi connectivity index (χ0n) is 11.1. The van der Waals surface area contributed by atoms with Gasteiger partial charge >= 0.3 is 0 Å². The molecule has 0 aromatic heterocycles. The maximum atomic E-state index is 9.96. The topological polar surface area (TPSA) is 23.5 Å². The third-order valence-corrected chi connectivity index (χ3v) is 4.08. The van der Waals surface area contributed by atoms with Gasteiger partial charge in [0.1, 0.15) is 5.75 Å². The maximum Gasteiger partial charge on any atom is 0.120 e. The zero-order valence-corrected chi connectivity index (χ0v) is 11.1. The van der Waals surface area contributed by atoms with Crippen molar-refractivity contribution in [1.82, 2.24) is 4.90 Å². The van der Waals surface area contributed by atoms with Crippen LogP contribution in [0.5, 0.6) is 5.75 Å². The Kier molecular flexibility index (Phi) is 3.72. The number of hydrogen-bond acceptors (Lipinski definition) is 2. The van der Waals surface area contributed by atoms with E-state index in [9.17, 15) is 5.11 Å². The summed E-state index contributed by atoms with van der Waals surface area (Å²) in [6.07, 6.45) is 2.57. The first-order valence-corrected chi connectivity index (χ1v) is 6.65. The van der Waals surface area contributed by atoms with E-state index < -0.39 is 0 Å². The fraction of sp³-hybridized carbons (Fsp3) is 0.600. The third kappa shape index (κ3) is 2.63. The summed E-state index contributed by atoms with van der Waals surface area (Å²) in [4.78, 5) is 2.49. The summed E-state index contributed by atoms with van der Waals surface area (Å²) in [7, 11) is 0. The second-order valence-electron chi connectivity index (χ2n) is 5.30. The smallest absolute Gasteiger partial charge is 0.120 e. The van der Waals surface area contributed by atoms with Crippen molar-refractivity contribution in [2.75, 3.05) is 13.1 Å². The van der Waals surface area contributed by atoms with E-state index in [0.29, 0.717) is 11.8 Å². The predicted octanol–water partition coefficient (Wildman–Crippen LogP) is 3.49. The first-order chi connectivity index (χ1) is 8.11. The first-order valence-electron chi connectivity index (χ1n) is 6.65. The number of aromatic hydroxyl groups is 1. The van der Waals surface area contributed by atoms with Gasteiger partial charge in [0.15, 0.2) is 0 Å². The molecule has 1 saturated heterocycles. The molecule has 2 atom stereocenters. The zero-order chi connectivity index (χ0) is 12.4. The Bertz CT molecular complexity index is 389. The number of rotatable bonds is 3. The second-order valence-corrected chi connectivity index (χ2v) is 5.30. The summed E-state index contributed by atoms with van der Waals surface area (Å²) >= 11 is 0. The van der Waals surface area contributed by atoms with Crippen molar-refractivity contribution in [1.29, 1.82) is 0 Å². The third-order valence-electron chi connectivity index (χ3n) is 4.08. The van der Waals surface area contributed by atoms with Gasteiger partial charge in [-0.25, -0.2) is 0 Å². The van der Waals surface area contributed by atoms with E-state index in [4.69, 9.17) is 0 Å². The highest BCUT2D eigenvalue weighted by Gasteiger charge is 2.26. The van der Waals surface area contributed by atoms with Gasteiger partial charge in [0.05, 0.1) is 0 Å². The number of hydrogen-bond donors (Lipinski definition) is 1. The van der Waals surface area contributed by atoms with Gasteiger partial charge in [0.2, 0.25) is 0 Å². The van der Waals surface area contributed by atoms with Crippen LogP contribution in [0.25, 0.3) is 0 Å². The molecule has 1 aromatic rings. The van der Waals surface area contributed by atoms with Crippen molar-refractivity contribution in [2.24, 2.45) is 5.92 Å². The van der Waals surface area contributed by atoms with E-state index in [-0.39, 0.29) is 0 Å². The largest absolute Gasteiger partial charge is 0.508 e. The fourth-order valence-corrected chi connectivity index (χ4v) is 2.75. The number of phenolic OH excluding ortho intramolecular Hbond substituents is 1. The quantitative estimate of drug-likeness (QED) is 0.863. The van der Waals surface area contributed by atoms with Crippen molar-refractivity contribution in [3.8, 4) is 5.75 Å². The summed E-state index contributed by atoms with van der Waals surface area (Å²) in [5.74, 6) is 1.27. The van der Waals surface area contributed by atoms with E-state index >= 15 is 0 Å². The SMILES string of the molecule is CCC1CCN(C(C)c2cc(C)ccc2O)C1. The molecule has 1 aliphatic rings. The Morgan fingerprint density at radius 1 is 1.47 bits per heavy atom. The fourth-order valence-electron chi connectivity index (χ4n) is 2.75. The van der Waals surface area contributed by atoms with Crippen LogP contribution in [-0.4, -0.2) is 23.1 Å². The lowest BCUT2D eigenvalue weighted by Gasteiger charge is -2.25.